The van der Waals surface area contributed by atoms with Gasteiger partial charge in [0, 0.05) is 12.6 Å². The van der Waals surface area contributed by atoms with Gasteiger partial charge in [0.05, 0.1) is 5.69 Å². The number of sulfonamides is 1. The Morgan fingerprint density at radius 3 is 2.81 bits per heavy atom. The van der Waals surface area contributed by atoms with Crippen LogP contribution in [0, 0.1) is 6.92 Å². The molecule has 1 unspecified atom stereocenters. The molecule has 1 aromatic heterocycles. The fourth-order valence-electron chi connectivity index (χ4n) is 2.95. The molecule has 21 heavy (non-hydrogen) atoms. The van der Waals surface area contributed by atoms with Crippen LogP contribution >= 0.6 is 0 Å². The lowest BCUT2D eigenvalue weighted by molar-refractivity contribution is 0.0590. The quantitative estimate of drug-likeness (QED) is 0.869. The number of nitrogens with zero attached hydrogens (tertiary/aromatic N) is 2. The van der Waals surface area contributed by atoms with Crippen molar-refractivity contribution in [3.63, 3.8) is 0 Å². The Morgan fingerprint density at radius 2 is 2.19 bits per heavy atom. The topological polar surface area (TPSA) is 109 Å². The standard InChI is InChI=1S/C13H22N4O3S/c1-3-6-10-7-4-5-8-17(10)13(18)11-12(21(14,19)20)9(2)15-16-11/h10H,3-8H2,1-2H3,(H,15,16)(H2,14,19,20). The number of nitrogens with two attached hydrogens (primary N) is 1. The third-order valence-electron chi connectivity index (χ3n) is 3.89. The molecule has 1 amide bonds. The number of aromatic amines is 1. The second-order valence-electron chi connectivity index (χ2n) is 5.51. The van der Waals surface area contributed by atoms with Crippen molar-refractivity contribution < 1.29 is 13.2 Å². The van der Waals surface area contributed by atoms with Gasteiger partial charge in [-0.25, -0.2) is 13.6 Å². The zero-order valence-corrected chi connectivity index (χ0v) is 13.2. The molecule has 0 bridgehead atoms. The van der Waals surface area contributed by atoms with Gasteiger partial charge >= 0.3 is 0 Å². The molecule has 7 nitrogen and oxygen atoms in total. The van der Waals surface area contributed by atoms with E-state index in [1.165, 1.54) is 0 Å². The minimum Gasteiger partial charge on any atom is -0.334 e. The molecule has 1 saturated heterocycles. The van der Waals surface area contributed by atoms with Gasteiger partial charge in [-0.05, 0) is 32.6 Å². The number of primary sulfonamides is 1. The number of hydrogen-bond acceptors (Lipinski definition) is 4. The number of likely N-dealkylation sites (tertiary alicyclic amines) is 1. The summed E-state index contributed by atoms with van der Waals surface area (Å²) in [6.45, 7) is 4.26. The van der Waals surface area contributed by atoms with Gasteiger partial charge in [-0.3, -0.25) is 9.89 Å². The molecule has 1 aliphatic rings. The van der Waals surface area contributed by atoms with E-state index in [-0.39, 0.29) is 22.5 Å². The maximum absolute atomic E-state index is 12.7. The fraction of sp³-hybridized carbons (Fsp3) is 0.692. The summed E-state index contributed by atoms with van der Waals surface area (Å²) in [4.78, 5) is 14.2. The molecule has 0 spiro atoms. The number of aryl methyl sites for hydroxylation is 1. The number of carbonyl (C=O) groups excluding carboxylic acids is 1. The van der Waals surface area contributed by atoms with Crippen LogP contribution in [0.5, 0.6) is 0 Å². The summed E-state index contributed by atoms with van der Waals surface area (Å²) in [5.41, 5.74) is 0.211. The summed E-state index contributed by atoms with van der Waals surface area (Å²) < 4.78 is 23.4. The number of rotatable bonds is 4. The van der Waals surface area contributed by atoms with Crippen molar-refractivity contribution in [1.82, 2.24) is 15.1 Å². The maximum Gasteiger partial charge on any atom is 0.276 e. The summed E-state index contributed by atoms with van der Waals surface area (Å²) in [5.74, 6) is -0.346. The van der Waals surface area contributed by atoms with Gasteiger partial charge in [-0.1, -0.05) is 13.3 Å². The molecule has 1 fully saturated rings. The van der Waals surface area contributed by atoms with E-state index < -0.39 is 10.0 Å². The molecular formula is C13H22N4O3S. The van der Waals surface area contributed by atoms with Crippen molar-refractivity contribution in [1.29, 1.82) is 0 Å². The van der Waals surface area contributed by atoms with E-state index >= 15 is 0 Å². The highest BCUT2D eigenvalue weighted by Gasteiger charge is 2.33. The zero-order chi connectivity index (χ0) is 15.6. The molecule has 0 aromatic carbocycles. The van der Waals surface area contributed by atoms with Crippen molar-refractivity contribution in [3.05, 3.63) is 11.4 Å². The Morgan fingerprint density at radius 1 is 1.48 bits per heavy atom. The molecule has 1 aliphatic heterocycles. The molecule has 0 saturated carbocycles. The van der Waals surface area contributed by atoms with E-state index in [4.69, 9.17) is 5.14 Å². The number of carbonyl (C=O) groups is 1. The highest BCUT2D eigenvalue weighted by atomic mass is 32.2. The third kappa shape index (κ3) is 3.26. The van der Waals surface area contributed by atoms with Crippen molar-refractivity contribution in [2.75, 3.05) is 6.54 Å². The Balaban J connectivity index is 2.35. The van der Waals surface area contributed by atoms with Crippen molar-refractivity contribution in [2.45, 2.75) is 56.9 Å². The number of nitrogens with one attached hydrogen (secondary N) is 1. The van der Waals surface area contributed by atoms with Crippen LogP contribution < -0.4 is 5.14 Å². The Labute approximate surface area is 124 Å². The predicted octanol–water partition coefficient (Wildman–Crippen LogP) is 1.16. The first-order chi connectivity index (χ1) is 9.86. The Hall–Kier alpha value is -1.41. The molecule has 1 aromatic rings. The van der Waals surface area contributed by atoms with Crippen LogP contribution in [0.1, 0.15) is 55.2 Å². The van der Waals surface area contributed by atoms with Crippen LogP contribution in [0.15, 0.2) is 4.90 Å². The summed E-state index contributed by atoms with van der Waals surface area (Å²) in [5, 5.41) is 11.6. The van der Waals surface area contributed by atoms with E-state index in [1.807, 2.05) is 0 Å². The lowest BCUT2D eigenvalue weighted by atomic mass is 9.98. The van der Waals surface area contributed by atoms with Gasteiger partial charge < -0.3 is 4.90 Å². The molecule has 3 N–H and O–H groups in total. The van der Waals surface area contributed by atoms with E-state index in [9.17, 15) is 13.2 Å². The summed E-state index contributed by atoms with van der Waals surface area (Å²) in [6, 6.07) is 0.154. The second kappa shape index (κ2) is 6.15. The summed E-state index contributed by atoms with van der Waals surface area (Å²) in [6.07, 6.45) is 4.87. The molecule has 8 heteroatoms. The first kappa shape index (κ1) is 16.0. The minimum atomic E-state index is -3.98. The highest BCUT2D eigenvalue weighted by molar-refractivity contribution is 7.89. The molecule has 2 rings (SSSR count). The van der Waals surface area contributed by atoms with E-state index in [2.05, 4.69) is 17.1 Å². The van der Waals surface area contributed by atoms with Crippen LogP contribution in [0.3, 0.4) is 0 Å². The van der Waals surface area contributed by atoms with E-state index in [0.717, 1.165) is 32.1 Å². The van der Waals surface area contributed by atoms with Gasteiger partial charge in [-0.15, -0.1) is 0 Å². The fourth-order valence-corrected chi connectivity index (χ4v) is 3.82. The second-order valence-corrected chi connectivity index (χ2v) is 7.01. The van der Waals surface area contributed by atoms with Crippen LogP contribution in [-0.2, 0) is 10.0 Å². The van der Waals surface area contributed by atoms with Gasteiger partial charge in [0.1, 0.15) is 4.90 Å². The summed E-state index contributed by atoms with van der Waals surface area (Å²) in [7, 11) is -3.98. The van der Waals surface area contributed by atoms with Crippen molar-refractivity contribution in [3.8, 4) is 0 Å². The Bertz CT molecular complexity index is 621. The predicted molar refractivity (Wildman–Crippen MR) is 78.3 cm³/mol. The van der Waals surface area contributed by atoms with Crippen LogP contribution in [0.4, 0.5) is 0 Å². The average molecular weight is 314 g/mol. The van der Waals surface area contributed by atoms with Crippen molar-refractivity contribution >= 4 is 15.9 Å². The van der Waals surface area contributed by atoms with Gasteiger partial charge in [0.25, 0.3) is 5.91 Å². The molecular weight excluding hydrogens is 292 g/mol. The lowest BCUT2D eigenvalue weighted by Gasteiger charge is -2.35. The Kier molecular flexibility index (Phi) is 4.67. The number of aromatic nitrogens is 2. The molecule has 0 aliphatic carbocycles. The summed E-state index contributed by atoms with van der Waals surface area (Å²) >= 11 is 0. The third-order valence-corrected chi connectivity index (χ3v) is 4.96. The normalized spacial score (nSPS) is 19.8. The largest absolute Gasteiger partial charge is 0.334 e. The van der Waals surface area contributed by atoms with Crippen LogP contribution in [-0.4, -0.2) is 42.0 Å². The smallest absolute Gasteiger partial charge is 0.276 e. The van der Waals surface area contributed by atoms with Crippen molar-refractivity contribution in [2.24, 2.45) is 5.14 Å². The van der Waals surface area contributed by atoms with Gasteiger partial charge in [0.15, 0.2) is 5.69 Å². The average Bonchev–Trinajstić information content (AvgIpc) is 2.81. The number of H-pyrrole nitrogens is 1. The van der Waals surface area contributed by atoms with Crippen LogP contribution in [0.25, 0.3) is 0 Å². The molecule has 2 heterocycles. The minimum absolute atomic E-state index is 0.0852. The number of amides is 1. The van der Waals surface area contributed by atoms with E-state index in [0.29, 0.717) is 12.2 Å². The number of piperidine rings is 1. The highest BCUT2D eigenvalue weighted by Crippen LogP contribution is 2.25. The lowest BCUT2D eigenvalue weighted by Crippen LogP contribution is -2.44. The number of hydrogen-bond donors (Lipinski definition) is 2. The molecule has 118 valence electrons. The maximum atomic E-state index is 12.7. The first-order valence-electron chi connectivity index (χ1n) is 7.25. The molecule has 1 atom stereocenters. The van der Waals surface area contributed by atoms with Gasteiger partial charge in [0.2, 0.25) is 10.0 Å². The SMILES string of the molecule is CCCC1CCCCN1C(=O)c1n[nH]c(C)c1S(N)(=O)=O. The van der Waals surface area contributed by atoms with E-state index in [1.54, 1.807) is 11.8 Å². The van der Waals surface area contributed by atoms with Crippen LogP contribution in [0.2, 0.25) is 0 Å². The first-order valence-corrected chi connectivity index (χ1v) is 8.79. The molecule has 0 radical (unpaired) electrons. The zero-order valence-electron chi connectivity index (χ0n) is 12.4. The monoisotopic (exact) mass is 314 g/mol. The van der Waals surface area contributed by atoms with Gasteiger partial charge in [-0.2, -0.15) is 5.10 Å².